The molecule has 0 aromatic rings. The molecule has 100 valence electrons. The molecule has 2 aliphatic rings. The van der Waals surface area contributed by atoms with Crippen molar-refractivity contribution >= 4 is 0 Å². The van der Waals surface area contributed by atoms with Crippen LogP contribution in [-0.2, 0) is 0 Å². The molecule has 0 radical (unpaired) electrons. The van der Waals surface area contributed by atoms with Crippen LogP contribution in [0.4, 0.5) is 0 Å². The normalized spacial score (nSPS) is 33.5. The fourth-order valence-corrected chi connectivity index (χ4v) is 3.75. The van der Waals surface area contributed by atoms with E-state index in [0.29, 0.717) is 0 Å². The van der Waals surface area contributed by atoms with Gasteiger partial charge in [0, 0.05) is 12.1 Å². The highest BCUT2D eigenvalue weighted by molar-refractivity contribution is 4.88. The second-order valence-electron chi connectivity index (χ2n) is 5.99. The molecule has 0 spiro atoms. The molecule has 2 rings (SSSR count). The van der Waals surface area contributed by atoms with Gasteiger partial charge in [-0.2, -0.15) is 0 Å². The number of likely N-dealkylation sites (tertiary alicyclic amines) is 1. The van der Waals surface area contributed by atoms with Crippen molar-refractivity contribution in [1.82, 2.24) is 10.2 Å². The fourth-order valence-electron chi connectivity index (χ4n) is 3.75. The highest BCUT2D eigenvalue weighted by atomic mass is 15.2. The summed E-state index contributed by atoms with van der Waals surface area (Å²) in [6.45, 7) is 5.05. The maximum atomic E-state index is 3.57. The first-order valence-corrected chi connectivity index (χ1v) is 7.76. The molecule has 0 aromatic carbocycles. The minimum absolute atomic E-state index is 0.746. The number of nitrogens with one attached hydrogen (secondary N) is 1. The molecule has 0 bridgehead atoms. The predicted octanol–water partition coefficient (Wildman–Crippen LogP) is 3.03. The number of piperidine rings is 1. The lowest BCUT2D eigenvalue weighted by molar-refractivity contribution is 0.102. The third-order valence-electron chi connectivity index (χ3n) is 5.05. The Kier molecular flexibility index (Phi) is 5.30. The molecule has 2 heteroatoms. The number of hydrogen-bond donors (Lipinski definition) is 1. The van der Waals surface area contributed by atoms with Gasteiger partial charge in [-0.15, -0.1) is 0 Å². The van der Waals surface area contributed by atoms with E-state index in [-0.39, 0.29) is 0 Å². The van der Waals surface area contributed by atoms with E-state index in [1.807, 2.05) is 0 Å². The van der Waals surface area contributed by atoms with Crippen LogP contribution < -0.4 is 5.32 Å². The summed E-state index contributed by atoms with van der Waals surface area (Å²) in [4.78, 5) is 2.79. The zero-order valence-electron chi connectivity index (χ0n) is 11.8. The van der Waals surface area contributed by atoms with E-state index in [1.54, 1.807) is 0 Å². The van der Waals surface area contributed by atoms with Crippen molar-refractivity contribution in [2.45, 2.75) is 70.4 Å². The van der Waals surface area contributed by atoms with Gasteiger partial charge in [0.1, 0.15) is 0 Å². The third-order valence-corrected chi connectivity index (χ3v) is 5.05. The van der Waals surface area contributed by atoms with Crippen LogP contribution in [-0.4, -0.2) is 37.1 Å². The molecule has 2 nitrogen and oxygen atoms in total. The SMILES string of the molecule is CCC1CCN(C2CCCCCC2NC)CC1. The summed E-state index contributed by atoms with van der Waals surface area (Å²) in [6.07, 6.45) is 11.4. The lowest BCUT2D eigenvalue weighted by Crippen LogP contribution is -2.51. The molecule has 1 saturated heterocycles. The largest absolute Gasteiger partial charge is 0.315 e. The Labute approximate surface area is 107 Å². The van der Waals surface area contributed by atoms with Gasteiger partial charge in [-0.05, 0) is 51.7 Å². The Hall–Kier alpha value is -0.0800. The molecule has 1 aliphatic carbocycles. The smallest absolute Gasteiger partial charge is 0.0249 e. The van der Waals surface area contributed by atoms with Crippen LogP contribution in [0.25, 0.3) is 0 Å². The van der Waals surface area contributed by atoms with Crippen molar-refractivity contribution in [3.8, 4) is 0 Å². The number of nitrogens with zero attached hydrogens (tertiary/aromatic N) is 1. The first-order chi connectivity index (χ1) is 8.35. The van der Waals surface area contributed by atoms with Crippen LogP contribution in [0.15, 0.2) is 0 Å². The summed E-state index contributed by atoms with van der Waals surface area (Å²) in [7, 11) is 2.15. The highest BCUT2D eigenvalue weighted by Gasteiger charge is 2.30. The van der Waals surface area contributed by atoms with Crippen LogP contribution in [0, 0.1) is 5.92 Å². The summed E-state index contributed by atoms with van der Waals surface area (Å²) in [6, 6.07) is 1.57. The molecule has 2 fully saturated rings. The van der Waals surface area contributed by atoms with Crippen LogP contribution >= 0.6 is 0 Å². The van der Waals surface area contributed by atoms with Gasteiger partial charge < -0.3 is 5.32 Å². The number of hydrogen-bond acceptors (Lipinski definition) is 2. The Bertz CT molecular complexity index is 209. The molecule has 0 aromatic heterocycles. The van der Waals surface area contributed by atoms with Crippen LogP contribution in [0.5, 0.6) is 0 Å². The van der Waals surface area contributed by atoms with E-state index in [4.69, 9.17) is 0 Å². The lowest BCUT2D eigenvalue weighted by atomic mass is 9.91. The van der Waals surface area contributed by atoms with Gasteiger partial charge in [0.25, 0.3) is 0 Å². The number of likely N-dealkylation sites (N-methyl/N-ethyl adjacent to an activating group) is 1. The maximum Gasteiger partial charge on any atom is 0.0249 e. The molecule has 0 amide bonds. The minimum atomic E-state index is 0.746. The lowest BCUT2D eigenvalue weighted by Gasteiger charge is -2.40. The second-order valence-corrected chi connectivity index (χ2v) is 5.99. The van der Waals surface area contributed by atoms with E-state index in [2.05, 4.69) is 24.2 Å². The van der Waals surface area contributed by atoms with E-state index in [1.165, 1.54) is 64.5 Å². The molecule has 1 heterocycles. The van der Waals surface area contributed by atoms with Gasteiger partial charge >= 0.3 is 0 Å². The van der Waals surface area contributed by atoms with Crippen molar-refractivity contribution in [3.05, 3.63) is 0 Å². The predicted molar refractivity (Wildman–Crippen MR) is 74.3 cm³/mol. The van der Waals surface area contributed by atoms with E-state index >= 15 is 0 Å². The van der Waals surface area contributed by atoms with Gasteiger partial charge in [-0.3, -0.25) is 4.90 Å². The molecule has 1 aliphatic heterocycles. The average molecular weight is 238 g/mol. The molecular weight excluding hydrogens is 208 g/mol. The fraction of sp³-hybridized carbons (Fsp3) is 1.00. The van der Waals surface area contributed by atoms with Gasteiger partial charge in [-0.25, -0.2) is 0 Å². The van der Waals surface area contributed by atoms with E-state index in [9.17, 15) is 0 Å². The molecule has 1 saturated carbocycles. The maximum absolute atomic E-state index is 3.57. The minimum Gasteiger partial charge on any atom is -0.315 e. The van der Waals surface area contributed by atoms with E-state index in [0.717, 1.165) is 18.0 Å². The van der Waals surface area contributed by atoms with Gasteiger partial charge in [0.15, 0.2) is 0 Å². The summed E-state index contributed by atoms with van der Waals surface area (Å²) in [5, 5.41) is 3.57. The van der Waals surface area contributed by atoms with Gasteiger partial charge in [0.05, 0.1) is 0 Å². The first kappa shape index (κ1) is 13.4. The summed E-state index contributed by atoms with van der Waals surface area (Å²) >= 11 is 0. The van der Waals surface area contributed by atoms with Crippen molar-refractivity contribution < 1.29 is 0 Å². The highest BCUT2D eigenvalue weighted by Crippen LogP contribution is 2.27. The van der Waals surface area contributed by atoms with Gasteiger partial charge in [-0.1, -0.05) is 32.6 Å². The Morgan fingerprint density at radius 1 is 1.00 bits per heavy atom. The second kappa shape index (κ2) is 6.75. The molecule has 2 atom stereocenters. The van der Waals surface area contributed by atoms with Crippen molar-refractivity contribution in [3.63, 3.8) is 0 Å². The van der Waals surface area contributed by atoms with Crippen LogP contribution in [0.3, 0.4) is 0 Å². The van der Waals surface area contributed by atoms with E-state index < -0.39 is 0 Å². The molecule has 1 N–H and O–H groups in total. The summed E-state index contributed by atoms with van der Waals surface area (Å²) in [5.74, 6) is 1.00. The number of rotatable bonds is 3. The zero-order valence-corrected chi connectivity index (χ0v) is 11.8. The standard InChI is InChI=1S/C15H30N2/c1-3-13-9-11-17(12-10-13)15-8-6-4-5-7-14(15)16-2/h13-16H,3-12H2,1-2H3. The Morgan fingerprint density at radius 3 is 2.35 bits per heavy atom. The Balaban J connectivity index is 1.90. The van der Waals surface area contributed by atoms with Gasteiger partial charge in [0.2, 0.25) is 0 Å². The molecular formula is C15H30N2. The van der Waals surface area contributed by atoms with Crippen molar-refractivity contribution in [2.75, 3.05) is 20.1 Å². The van der Waals surface area contributed by atoms with Crippen LogP contribution in [0.2, 0.25) is 0 Å². The third kappa shape index (κ3) is 3.45. The summed E-state index contributed by atoms with van der Waals surface area (Å²) in [5.41, 5.74) is 0. The Morgan fingerprint density at radius 2 is 1.71 bits per heavy atom. The molecule has 2 unspecified atom stereocenters. The molecule has 17 heavy (non-hydrogen) atoms. The van der Waals surface area contributed by atoms with Crippen molar-refractivity contribution in [1.29, 1.82) is 0 Å². The summed E-state index contributed by atoms with van der Waals surface area (Å²) < 4.78 is 0. The quantitative estimate of drug-likeness (QED) is 0.760. The zero-order chi connectivity index (χ0) is 12.1. The van der Waals surface area contributed by atoms with Crippen LogP contribution in [0.1, 0.15) is 58.3 Å². The monoisotopic (exact) mass is 238 g/mol. The van der Waals surface area contributed by atoms with Crippen molar-refractivity contribution in [2.24, 2.45) is 5.92 Å². The topological polar surface area (TPSA) is 15.3 Å². The average Bonchev–Trinajstić information content (AvgIpc) is 2.64. The first-order valence-electron chi connectivity index (χ1n) is 7.76.